The minimum Gasteiger partial charge on any atom is -0.192 e. The van der Waals surface area contributed by atoms with Crippen molar-refractivity contribution in [1.82, 2.24) is 0 Å². The first kappa shape index (κ1) is 20.1. The second-order valence-corrected chi connectivity index (χ2v) is 9.32. The number of pyridine rings is 1. The van der Waals surface area contributed by atoms with Gasteiger partial charge < -0.3 is 0 Å². The van der Waals surface area contributed by atoms with Gasteiger partial charge in [-0.15, -0.1) is 0 Å². The number of benzene rings is 2. The summed E-state index contributed by atoms with van der Waals surface area (Å²) in [7, 11) is 0. The smallest absolute Gasteiger partial charge is 0.192 e. The molecule has 4 rings (SSSR count). The molecule has 3 aromatic rings. The van der Waals surface area contributed by atoms with Gasteiger partial charge in [-0.1, -0.05) is 63.9 Å². The van der Waals surface area contributed by atoms with Gasteiger partial charge in [0.15, 0.2) is 11.7 Å². The lowest BCUT2D eigenvalue weighted by Gasteiger charge is -2.46. The van der Waals surface area contributed by atoms with Gasteiger partial charge in [0.05, 0.1) is 16.4 Å². The molecule has 2 aromatic carbocycles. The number of aryl methyl sites for hydroxylation is 1. The highest BCUT2D eigenvalue weighted by Gasteiger charge is 2.56. The van der Waals surface area contributed by atoms with Crippen LogP contribution in [0.4, 0.5) is 0 Å². The molecule has 0 saturated heterocycles. The zero-order chi connectivity index (χ0) is 20.6. The minimum atomic E-state index is 0.0773. The normalized spacial score (nSPS) is 16.4. The van der Waals surface area contributed by atoms with Crippen LogP contribution in [0.3, 0.4) is 0 Å². The summed E-state index contributed by atoms with van der Waals surface area (Å²) in [6, 6.07) is 18.6. The summed E-state index contributed by atoms with van der Waals surface area (Å²) in [6.07, 6.45) is 9.66. The third-order valence-corrected chi connectivity index (χ3v) is 7.74. The van der Waals surface area contributed by atoms with Crippen LogP contribution in [0.2, 0.25) is 0 Å². The van der Waals surface area contributed by atoms with E-state index in [1.165, 1.54) is 58.8 Å². The van der Waals surface area contributed by atoms with Crippen molar-refractivity contribution in [2.75, 3.05) is 0 Å². The van der Waals surface area contributed by atoms with E-state index in [0.29, 0.717) is 0 Å². The van der Waals surface area contributed by atoms with Gasteiger partial charge in [0.2, 0.25) is 5.69 Å². The SMILES string of the molecule is CCCCCc1ccc2c(c1)-c1c3ccccc3cc[n+]1C(CC)(CC)C2(C)C. The van der Waals surface area contributed by atoms with Crippen molar-refractivity contribution in [3.05, 3.63) is 65.9 Å². The molecule has 0 atom stereocenters. The molecule has 0 radical (unpaired) electrons. The minimum absolute atomic E-state index is 0.0773. The fourth-order valence-electron chi connectivity index (χ4n) is 5.94. The quantitative estimate of drug-likeness (QED) is 0.308. The number of fused-ring (bicyclic) bond motifs is 5. The number of rotatable bonds is 6. The highest BCUT2D eigenvalue weighted by Crippen LogP contribution is 2.50. The lowest BCUT2D eigenvalue weighted by molar-refractivity contribution is -0.768. The molecule has 0 amide bonds. The molecule has 1 nitrogen and oxygen atoms in total. The van der Waals surface area contributed by atoms with E-state index in [4.69, 9.17) is 0 Å². The van der Waals surface area contributed by atoms with Crippen molar-refractivity contribution in [2.24, 2.45) is 0 Å². The van der Waals surface area contributed by atoms with Gasteiger partial charge in [-0.05, 0) is 55.3 Å². The van der Waals surface area contributed by atoms with E-state index in [0.717, 1.165) is 12.8 Å². The van der Waals surface area contributed by atoms with E-state index in [2.05, 4.69) is 93.9 Å². The van der Waals surface area contributed by atoms with Gasteiger partial charge in [0, 0.05) is 18.9 Å². The van der Waals surface area contributed by atoms with Crippen LogP contribution in [0.25, 0.3) is 22.0 Å². The van der Waals surface area contributed by atoms with Crippen LogP contribution in [0.5, 0.6) is 0 Å². The van der Waals surface area contributed by atoms with E-state index >= 15 is 0 Å². The molecule has 0 spiro atoms. The Morgan fingerprint density at radius 2 is 1.62 bits per heavy atom. The van der Waals surface area contributed by atoms with Crippen molar-refractivity contribution in [3.63, 3.8) is 0 Å². The number of hydrogen-bond donors (Lipinski definition) is 0. The second kappa shape index (κ2) is 7.59. The van der Waals surface area contributed by atoms with Crippen LogP contribution in [0.1, 0.15) is 77.8 Å². The van der Waals surface area contributed by atoms with Gasteiger partial charge in [-0.2, -0.15) is 4.57 Å². The summed E-state index contributed by atoms with van der Waals surface area (Å²) in [5.74, 6) is 0. The number of aromatic nitrogens is 1. The van der Waals surface area contributed by atoms with Crippen molar-refractivity contribution in [3.8, 4) is 11.3 Å². The first-order valence-corrected chi connectivity index (χ1v) is 11.6. The molecule has 0 aliphatic carbocycles. The standard InChI is InChI=1S/C28H36N/c1-6-9-10-13-21-16-17-25-24(20-21)26-23-15-12-11-14-22(23)18-19-29(26)28(7-2,8-3)27(25,4)5/h11-12,14-20H,6-10,13H2,1-5H3/q+1. The highest BCUT2D eigenvalue weighted by molar-refractivity contribution is 5.94. The summed E-state index contributed by atoms with van der Waals surface area (Å²) in [6.45, 7) is 11.9. The molecule has 152 valence electrons. The molecule has 1 heteroatoms. The van der Waals surface area contributed by atoms with Crippen LogP contribution in [-0.4, -0.2) is 0 Å². The van der Waals surface area contributed by atoms with Crippen molar-refractivity contribution in [2.45, 2.75) is 84.1 Å². The largest absolute Gasteiger partial charge is 0.221 e. The van der Waals surface area contributed by atoms with Gasteiger partial charge in [-0.25, -0.2) is 0 Å². The molecule has 0 N–H and O–H groups in total. The Bertz CT molecular complexity index is 1020. The van der Waals surface area contributed by atoms with E-state index < -0.39 is 0 Å². The molecule has 1 aliphatic rings. The Balaban J connectivity index is 2.03. The molecule has 1 aromatic heterocycles. The van der Waals surface area contributed by atoms with E-state index in [1.807, 2.05) is 0 Å². The molecule has 1 aliphatic heterocycles. The van der Waals surface area contributed by atoms with Crippen molar-refractivity contribution < 1.29 is 4.57 Å². The maximum atomic E-state index is 2.63. The maximum Gasteiger partial charge on any atom is 0.221 e. The second-order valence-electron chi connectivity index (χ2n) is 9.32. The van der Waals surface area contributed by atoms with Crippen LogP contribution < -0.4 is 4.57 Å². The van der Waals surface area contributed by atoms with Crippen LogP contribution in [-0.2, 0) is 17.4 Å². The third kappa shape index (κ3) is 2.93. The first-order valence-electron chi connectivity index (χ1n) is 11.6. The van der Waals surface area contributed by atoms with Crippen LogP contribution in [0.15, 0.2) is 54.7 Å². The lowest BCUT2D eigenvalue weighted by Crippen LogP contribution is -2.68. The zero-order valence-corrected chi connectivity index (χ0v) is 18.9. The fraction of sp³-hybridized carbons (Fsp3) is 0.464. The average molecular weight is 387 g/mol. The Kier molecular flexibility index (Phi) is 5.27. The summed E-state index contributed by atoms with van der Waals surface area (Å²) >= 11 is 0. The summed E-state index contributed by atoms with van der Waals surface area (Å²) in [5.41, 5.74) is 6.01. The predicted molar refractivity (Wildman–Crippen MR) is 124 cm³/mol. The molecule has 0 unspecified atom stereocenters. The number of unbranched alkanes of at least 4 members (excludes halogenated alkanes) is 2. The van der Waals surface area contributed by atoms with E-state index in [-0.39, 0.29) is 11.0 Å². The van der Waals surface area contributed by atoms with Gasteiger partial charge in [0.1, 0.15) is 0 Å². The summed E-state index contributed by atoms with van der Waals surface area (Å²) in [5, 5.41) is 2.71. The Hall–Kier alpha value is -2.15. The summed E-state index contributed by atoms with van der Waals surface area (Å²) in [4.78, 5) is 0. The molecule has 0 bridgehead atoms. The average Bonchev–Trinajstić information content (AvgIpc) is 2.74. The Morgan fingerprint density at radius 1 is 0.862 bits per heavy atom. The van der Waals surface area contributed by atoms with E-state index in [9.17, 15) is 0 Å². The fourth-order valence-corrected chi connectivity index (χ4v) is 5.94. The van der Waals surface area contributed by atoms with Gasteiger partial charge in [0.25, 0.3) is 0 Å². The lowest BCUT2D eigenvalue weighted by atomic mass is 9.61. The molecular weight excluding hydrogens is 350 g/mol. The monoisotopic (exact) mass is 386 g/mol. The van der Waals surface area contributed by atoms with Crippen LogP contribution in [0, 0.1) is 0 Å². The first-order chi connectivity index (χ1) is 14.0. The molecule has 0 saturated carbocycles. The Labute approximate surface area is 176 Å². The number of hydrogen-bond acceptors (Lipinski definition) is 0. The van der Waals surface area contributed by atoms with Gasteiger partial charge >= 0.3 is 0 Å². The molecule has 0 fully saturated rings. The Morgan fingerprint density at radius 3 is 2.34 bits per heavy atom. The number of nitrogens with zero attached hydrogens (tertiary/aromatic N) is 1. The van der Waals surface area contributed by atoms with Crippen LogP contribution >= 0.6 is 0 Å². The van der Waals surface area contributed by atoms with E-state index in [1.54, 1.807) is 0 Å². The van der Waals surface area contributed by atoms with Gasteiger partial charge in [-0.3, -0.25) is 0 Å². The molecule has 29 heavy (non-hydrogen) atoms. The topological polar surface area (TPSA) is 3.88 Å². The maximum absolute atomic E-state index is 2.63. The van der Waals surface area contributed by atoms with Crippen molar-refractivity contribution in [1.29, 1.82) is 0 Å². The molecular formula is C28H36N+. The predicted octanol–water partition coefficient (Wildman–Crippen LogP) is 7.33. The zero-order valence-electron chi connectivity index (χ0n) is 18.9. The van der Waals surface area contributed by atoms with Crippen molar-refractivity contribution >= 4 is 10.8 Å². The third-order valence-electron chi connectivity index (χ3n) is 7.74. The highest BCUT2D eigenvalue weighted by atomic mass is 15.1. The molecule has 2 heterocycles. The summed E-state index contributed by atoms with van der Waals surface area (Å²) < 4.78 is 2.63.